The van der Waals surface area contributed by atoms with Gasteiger partial charge in [-0.3, -0.25) is 14.6 Å². The minimum Gasteiger partial charge on any atom is -0.353 e. The lowest BCUT2D eigenvalue weighted by molar-refractivity contribution is -0.127. The molecule has 0 saturated carbocycles. The van der Waals surface area contributed by atoms with Crippen molar-refractivity contribution in [3.05, 3.63) is 71.8 Å². The first-order valence-electron chi connectivity index (χ1n) is 11.0. The average Bonchev–Trinajstić information content (AvgIpc) is 2.79. The number of rotatable bonds is 9. The van der Waals surface area contributed by atoms with Crippen molar-refractivity contribution in [3.8, 4) is 0 Å². The maximum Gasteiger partial charge on any atom is 0.242 e. The van der Waals surface area contributed by atoms with Crippen LogP contribution < -0.4 is 5.32 Å². The number of amides is 1. The summed E-state index contributed by atoms with van der Waals surface area (Å²) in [5.41, 5.74) is 2.06. The predicted octanol–water partition coefficient (Wildman–Crippen LogP) is 2.66. The third-order valence-corrected chi connectivity index (χ3v) is 7.62. The van der Waals surface area contributed by atoms with Crippen molar-refractivity contribution in [2.45, 2.75) is 25.9 Å². The molecule has 1 aliphatic rings. The lowest BCUT2D eigenvalue weighted by Gasteiger charge is -2.35. The second kappa shape index (κ2) is 10.9. The van der Waals surface area contributed by atoms with Gasteiger partial charge in [-0.25, -0.2) is 8.42 Å². The first-order chi connectivity index (χ1) is 14.9. The molecule has 31 heavy (non-hydrogen) atoms. The zero-order valence-electron chi connectivity index (χ0n) is 18.4. The lowest BCUT2D eigenvalue weighted by atomic mass is 10.0. The van der Waals surface area contributed by atoms with E-state index in [4.69, 9.17) is 0 Å². The van der Waals surface area contributed by atoms with Crippen molar-refractivity contribution in [2.24, 2.45) is 0 Å². The first kappa shape index (κ1) is 23.4. The summed E-state index contributed by atoms with van der Waals surface area (Å²) in [6, 6.07) is 19.4. The largest absolute Gasteiger partial charge is 0.353 e. The summed E-state index contributed by atoms with van der Waals surface area (Å²) in [6.07, 6.45) is 0. The molecule has 0 aromatic heterocycles. The number of carbonyl (C=O) groups excluding carboxylic acids is 1. The van der Waals surface area contributed by atoms with Crippen LogP contribution in [-0.4, -0.2) is 68.4 Å². The lowest BCUT2D eigenvalue weighted by Crippen LogP contribution is -2.48. The highest BCUT2D eigenvalue weighted by atomic mass is 32.2. The maximum absolute atomic E-state index is 13.4. The topological polar surface area (TPSA) is 69.7 Å². The number of nitrogens with zero attached hydrogens (tertiary/aromatic N) is 2. The smallest absolute Gasteiger partial charge is 0.242 e. The molecule has 0 radical (unpaired) electrons. The molecule has 1 saturated heterocycles. The second-order valence-corrected chi connectivity index (χ2v) is 10.2. The highest BCUT2D eigenvalue weighted by Crippen LogP contribution is 2.24. The zero-order chi connectivity index (χ0) is 22.3. The highest BCUT2D eigenvalue weighted by Gasteiger charge is 2.33. The van der Waals surface area contributed by atoms with E-state index in [1.807, 2.05) is 53.4 Å². The van der Waals surface area contributed by atoms with Crippen LogP contribution in [0, 0.1) is 0 Å². The van der Waals surface area contributed by atoms with Crippen molar-refractivity contribution in [1.29, 1.82) is 0 Å². The van der Waals surface area contributed by atoms with E-state index in [0.717, 1.165) is 18.7 Å². The van der Waals surface area contributed by atoms with Crippen LogP contribution in [0.15, 0.2) is 60.7 Å². The van der Waals surface area contributed by atoms with Crippen LogP contribution in [-0.2, 0) is 14.6 Å². The van der Waals surface area contributed by atoms with E-state index in [1.54, 1.807) is 0 Å². The number of hydrogen-bond acceptors (Lipinski definition) is 5. The second-order valence-electron chi connectivity index (χ2n) is 7.89. The Kier molecular flexibility index (Phi) is 8.23. The van der Waals surface area contributed by atoms with E-state index in [9.17, 15) is 13.2 Å². The quantitative estimate of drug-likeness (QED) is 0.645. The molecule has 1 N–H and O–H groups in total. The molecule has 1 fully saturated rings. The van der Waals surface area contributed by atoms with Gasteiger partial charge in [0.05, 0.1) is 17.5 Å². The first-order valence-corrected chi connectivity index (χ1v) is 12.8. The van der Waals surface area contributed by atoms with Gasteiger partial charge in [0.15, 0.2) is 9.84 Å². The summed E-state index contributed by atoms with van der Waals surface area (Å²) in [5, 5.41) is 3.18. The molecular weight excluding hydrogens is 410 g/mol. The summed E-state index contributed by atoms with van der Waals surface area (Å²) in [6.45, 7) is 7.27. The summed E-state index contributed by atoms with van der Waals surface area (Å²) < 4.78 is 23.8. The van der Waals surface area contributed by atoms with Crippen LogP contribution in [0.2, 0.25) is 0 Å². The number of nitrogens with one attached hydrogen (secondary N) is 1. The molecule has 3 rings (SSSR count). The molecule has 2 aromatic carbocycles. The standard InChI is InChI=1S/C24H33N3O3S/c1-3-26(4-2)22(20-11-7-5-8-12-20)19-25-24(28)23(21-13-9-6-10-14-21)27-15-17-31(29,30)18-16-27/h5-14,22-23H,3-4,15-19H2,1-2H3,(H,25,28). The van der Waals surface area contributed by atoms with Gasteiger partial charge in [-0.05, 0) is 24.2 Å². The fourth-order valence-corrected chi connectivity index (χ4v) is 5.47. The zero-order valence-corrected chi connectivity index (χ0v) is 19.2. The predicted molar refractivity (Wildman–Crippen MR) is 125 cm³/mol. The SMILES string of the molecule is CCN(CC)C(CNC(=O)C(c1ccccc1)N1CCS(=O)(=O)CC1)c1ccccc1. The van der Waals surface area contributed by atoms with Gasteiger partial charge in [-0.15, -0.1) is 0 Å². The third-order valence-electron chi connectivity index (χ3n) is 6.01. The molecule has 2 unspecified atom stereocenters. The maximum atomic E-state index is 13.4. The average molecular weight is 444 g/mol. The van der Waals surface area contributed by atoms with Crippen LogP contribution in [0.4, 0.5) is 0 Å². The number of likely N-dealkylation sites (N-methyl/N-ethyl adjacent to an activating group) is 1. The monoisotopic (exact) mass is 443 g/mol. The van der Waals surface area contributed by atoms with Crippen LogP contribution in [0.5, 0.6) is 0 Å². The van der Waals surface area contributed by atoms with E-state index in [-0.39, 0.29) is 23.5 Å². The Morgan fingerprint density at radius 2 is 1.45 bits per heavy atom. The summed E-state index contributed by atoms with van der Waals surface area (Å²) in [5.74, 6) is 0.101. The highest BCUT2D eigenvalue weighted by molar-refractivity contribution is 7.91. The van der Waals surface area contributed by atoms with E-state index in [2.05, 4.69) is 36.2 Å². The summed E-state index contributed by atoms with van der Waals surface area (Å²) >= 11 is 0. The van der Waals surface area contributed by atoms with E-state index in [0.29, 0.717) is 19.6 Å². The van der Waals surface area contributed by atoms with Crippen molar-refractivity contribution in [3.63, 3.8) is 0 Å². The van der Waals surface area contributed by atoms with Gasteiger partial charge in [0.2, 0.25) is 5.91 Å². The van der Waals surface area contributed by atoms with Gasteiger partial charge in [-0.2, -0.15) is 0 Å². The molecule has 2 atom stereocenters. The van der Waals surface area contributed by atoms with Gasteiger partial charge in [-0.1, -0.05) is 74.5 Å². The fraction of sp³-hybridized carbons (Fsp3) is 0.458. The minimum atomic E-state index is -3.02. The van der Waals surface area contributed by atoms with Gasteiger partial charge in [0, 0.05) is 19.6 Å². The normalized spacial score (nSPS) is 18.4. The molecule has 1 aliphatic heterocycles. The van der Waals surface area contributed by atoms with Crippen LogP contribution in [0.1, 0.15) is 37.1 Å². The molecule has 6 nitrogen and oxygen atoms in total. The fourth-order valence-electron chi connectivity index (χ4n) is 4.24. The van der Waals surface area contributed by atoms with Gasteiger partial charge < -0.3 is 5.32 Å². The Hall–Kier alpha value is -2.22. The van der Waals surface area contributed by atoms with Gasteiger partial charge >= 0.3 is 0 Å². The Morgan fingerprint density at radius 1 is 0.935 bits per heavy atom. The van der Waals surface area contributed by atoms with Gasteiger partial charge in [0.1, 0.15) is 6.04 Å². The van der Waals surface area contributed by atoms with Crippen molar-refractivity contribution < 1.29 is 13.2 Å². The number of carbonyl (C=O) groups is 1. The van der Waals surface area contributed by atoms with Gasteiger partial charge in [0.25, 0.3) is 0 Å². The molecule has 168 valence electrons. The Balaban J connectivity index is 1.79. The van der Waals surface area contributed by atoms with Crippen molar-refractivity contribution >= 4 is 15.7 Å². The molecule has 1 heterocycles. The van der Waals surface area contributed by atoms with Crippen molar-refractivity contribution in [1.82, 2.24) is 15.1 Å². The number of benzene rings is 2. The van der Waals surface area contributed by atoms with Crippen molar-refractivity contribution in [2.75, 3.05) is 44.2 Å². The molecule has 1 amide bonds. The van der Waals surface area contributed by atoms with Crippen LogP contribution in [0.3, 0.4) is 0 Å². The van der Waals surface area contributed by atoms with E-state index in [1.165, 1.54) is 5.56 Å². The third kappa shape index (κ3) is 6.15. The summed E-state index contributed by atoms with van der Waals surface area (Å²) in [7, 11) is -3.02. The Bertz CT molecular complexity index is 917. The summed E-state index contributed by atoms with van der Waals surface area (Å²) in [4.78, 5) is 17.7. The van der Waals surface area contributed by atoms with E-state index < -0.39 is 15.9 Å². The Morgan fingerprint density at radius 3 is 1.97 bits per heavy atom. The van der Waals surface area contributed by atoms with Crippen LogP contribution in [0.25, 0.3) is 0 Å². The number of sulfone groups is 1. The molecule has 7 heteroatoms. The molecular formula is C24H33N3O3S. The molecule has 0 bridgehead atoms. The molecule has 0 spiro atoms. The van der Waals surface area contributed by atoms with Crippen LogP contribution >= 0.6 is 0 Å². The molecule has 0 aliphatic carbocycles. The Labute approximate surface area is 186 Å². The molecule has 2 aromatic rings. The number of hydrogen-bond donors (Lipinski definition) is 1. The minimum absolute atomic E-state index is 0.0818. The van der Waals surface area contributed by atoms with E-state index >= 15 is 0 Å².